The number of amides is 1. The lowest BCUT2D eigenvalue weighted by molar-refractivity contribution is -0.122. The van der Waals surface area contributed by atoms with Crippen LogP contribution in [0, 0.1) is 0 Å². The van der Waals surface area contributed by atoms with E-state index in [1.54, 1.807) is 6.20 Å². The summed E-state index contributed by atoms with van der Waals surface area (Å²) in [4.78, 5) is 17.8. The molecule has 4 heteroatoms. The van der Waals surface area contributed by atoms with Crippen LogP contribution in [0.2, 0.25) is 0 Å². The van der Waals surface area contributed by atoms with Crippen LogP contribution in [0.15, 0.2) is 24.4 Å². The first-order chi connectivity index (χ1) is 8.22. The van der Waals surface area contributed by atoms with Crippen LogP contribution < -0.4 is 5.32 Å². The van der Waals surface area contributed by atoms with Crippen LogP contribution in [-0.2, 0) is 11.3 Å². The molecule has 1 N–H and O–H groups in total. The van der Waals surface area contributed by atoms with Gasteiger partial charge in [-0.25, -0.2) is 0 Å². The van der Waals surface area contributed by atoms with E-state index in [1.165, 1.54) is 0 Å². The highest BCUT2D eigenvalue weighted by Crippen LogP contribution is 1.93. The minimum Gasteiger partial charge on any atom is -0.349 e. The Morgan fingerprint density at radius 1 is 1.47 bits per heavy atom. The Bertz CT molecular complexity index is 327. The summed E-state index contributed by atoms with van der Waals surface area (Å²) >= 11 is 0. The molecule has 1 amide bonds. The molecule has 0 aliphatic carbocycles. The molecule has 0 aromatic carbocycles. The molecule has 1 aromatic rings. The van der Waals surface area contributed by atoms with E-state index >= 15 is 0 Å². The SMILES string of the molecule is CCCCN(C)CC(=O)NCc1ccccn1. The number of likely N-dealkylation sites (N-methyl/N-ethyl adjacent to an activating group) is 1. The standard InChI is InChI=1S/C13H21N3O/c1-3-4-9-16(2)11-13(17)15-10-12-7-5-6-8-14-12/h5-8H,3-4,9-11H2,1-2H3,(H,15,17). The Balaban J connectivity index is 2.21. The molecule has 0 bridgehead atoms. The third kappa shape index (κ3) is 6.02. The molecular weight excluding hydrogens is 214 g/mol. The molecule has 1 rings (SSSR count). The summed E-state index contributed by atoms with van der Waals surface area (Å²) in [6.07, 6.45) is 4.01. The van der Waals surface area contributed by atoms with Gasteiger partial charge in [0.2, 0.25) is 5.91 Å². The second kappa shape index (κ2) is 7.79. The highest BCUT2D eigenvalue weighted by molar-refractivity contribution is 5.77. The van der Waals surface area contributed by atoms with Gasteiger partial charge in [0.25, 0.3) is 0 Å². The second-order valence-corrected chi connectivity index (χ2v) is 4.19. The summed E-state index contributed by atoms with van der Waals surface area (Å²) in [7, 11) is 1.97. The van der Waals surface area contributed by atoms with Crippen molar-refractivity contribution in [3.63, 3.8) is 0 Å². The van der Waals surface area contributed by atoms with Crippen LogP contribution in [0.4, 0.5) is 0 Å². The lowest BCUT2D eigenvalue weighted by Crippen LogP contribution is -2.35. The fourth-order valence-electron chi connectivity index (χ4n) is 1.50. The van der Waals surface area contributed by atoms with Crippen molar-refractivity contribution in [2.24, 2.45) is 0 Å². The number of pyridine rings is 1. The number of aromatic nitrogens is 1. The van der Waals surface area contributed by atoms with Crippen LogP contribution >= 0.6 is 0 Å². The van der Waals surface area contributed by atoms with Gasteiger partial charge < -0.3 is 5.32 Å². The van der Waals surface area contributed by atoms with Gasteiger partial charge in [0.05, 0.1) is 18.8 Å². The predicted molar refractivity (Wildman–Crippen MR) is 68.5 cm³/mol. The van der Waals surface area contributed by atoms with Crippen molar-refractivity contribution in [1.29, 1.82) is 0 Å². The number of rotatable bonds is 7. The highest BCUT2D eigenvalue weighted by atomic mass is 16.2. The Kier molecular flexibility index (Phi) is 6.25. The summed E-state index contributed by atoms with van der Waals surface area (Å²) in [6.45, 7) is 4.07. The van der Waals surface area contributed by atoms with Crippen molar-refractivity contribution in [3.05, 3.63) is 30.1 Å². The van der Waals surface area contributed by atoms with E-state index in [-0.39, 0.29) is 5.91 Å². The molecule has 0 atom stereocenters. The largest absolute Gasteiger partial charge is 0.349 e. The summed E-state index contributed by atoms with van der Waals surface area (Å²) < 4.78 is 0. The van der Waals surface area contributed by atoms with Crippen LogP contribution in [0.1, 0.15) is 25.5 Å². The second-order valence-electron chi connectivity index (χ2n) is 4.19. The molecule has 0 aliphatic heterocycles. The van der Waals surface area contributed by atoms with Gasteiger partial charge in [-0.2, -0.15) is 0 Å². The van der Waals surface area contributed by atoms with Gasteiger partial charge in [-0.3, -0.25) is 14.7 Å². The van der Waals surface area contributed by atoms with Crippen LogP contribution in [-0.4, -0.2) is 35.9 Å². The molecular formula is C13H21N3O. The van der Waals surface area contributed by atoms with Gasteiger partial charge in [-0.15, -0.1) is 0 Å². The number of nitrogens with zero attached hydrogens (tertiary/aromatic N) is 2. The molecule has 4 nitrogen and oxygen atoms in total. The van der Waals surface area contributed by atoms with Crippen molar-refractivity contribution >= 4 is 5.91 Å². The van der Waals surface area contributed by atoms with E-state index in [0.29, 0.717) is 13.1 Å². The van der Waals surface area contributed by atoms with Gasteiger partial charge in [-0.05, 0) is 32.1 Å². The average molecular weight is 235 g/mol. The number of hydrogen-bond acceptors (Lipinski definition) is 3. The minimum absolute atomic E-state index is 0.0502. The van der Waals surface area contributed by atoms with Crippen molar-refractivity contribution in [2.45, 2.75) is 26.3 Å². The van der Waals surface area contributed by atoms with E-state index in [2.05, 4.69) is 17.2 Å². The number of nitrogens with one attached hydrogen (secondary N) is 1. The third-order valence-electron chi connectivity index (χ3n) is 2.50. The fraction of sp³-hybridized carbons (Fsp3) is 0.538. The Labute approximate surface area is 103 Å². The van der Waals surface area contributed by atoms with Gasteiger partial charge in [-0.1, -0.05) is 19.4 Å². The van der Waals surface area contributed by atoms with E-state index in [0.717, 1.165) is 25.1 Å². The van der Waals surface area contributed by atoms with E-state index in [1.807, 2.05) is 30.1 Å². The summed E-state index contributed by atoms with van der Waals surface area (Å²) in [5.74, 6) is 0.0502. The zero-order valence-electron chi connectivity index (χ0n) is 10.6. The normalized spacial score (nSPS) is 10.5. The maximum atomic E-state index is 11.6. The molecule has 0 spiro atoms. The van der Waals surface area contributed by atoms with E-state index < -0.39 is 0 Å². The fourth-order valence-corrected chi connectivity index (χ4v) is 1.50. The number of unbranched alkanes of at least 4 members (excludes halogenated alkanes) is 1. The molecule has 0 radical (unpaired) electrons. The summed E-state index contributed by atoms with van der Waals surface area (Å²) in [5, 5.41) is 2.86. The lowest BCUT2D eigenvalue weighted by atomic mass is 10.3. The molecule has 0 aliphatic rings. The molecule has 1 aromatic heterocycles. The van der Waals surface area contributed by atoms with Crippen LogP contribution in [0.25, 0.3) is 0 Å². The highest BCUT2D eigenvalue weighted by Gasteiger charge is 2.05. The monoisotopic (exact) mass is 235 g/mol. The first-order valence-corrected chi connectivity index (χ1v) is 6.07. The molecule has 0 saturated carbocycles. The zero-order valence-corrected chi connectivity index (χ0v) is 10.6. The molecule has 1 heterocycles. The topological polar surface area (TPSA) is 45.2 Å². The summed E-state index contributed by atoms with van der Waals surface area (Å²) in [5.41, 5.74) is 0.886. The number of carbonyl (C=O) groups excluding carboxylic acids is 1. The van der Waals surface area contributed by atoms with Crippen molar-refractivity contribution in [1.82, 2.24) is 15.2 Å². The van der Waals surface area contributed by atoms with Crippen LogP contribution in [0.5, 0.6) is 0 Å². The zero-order chi connectivity index (χ0) is 12.5. The van der Waals surface area contributed by atoms with E-state index in [9.17, 15) is 4.79 Å². The lowest BCUT2D eigenvalue weighted by Gasteiger charge is -2.15. The predicted octanol–water partition coefficient (Wildman–Crippen LogP) is 1.43. The van der Waals surface area contributed by atoms with Gasteiger partial charge in [0, 0.05) is 6.20 Å². The summed E-state index contributed by atoms with van der Waals surface area (Å²) in [6, 6.07) is 5.69. The number of hydrogen-bond donors (Lipinski definition) is 1. The molecule has 0 unspecified atom stereocenters. The van der Waals surface area contributed by atoms with E-state index in [4.69, 9.17) is 0 Å². The Hall–Kier alpha value is -1.42. The van der Waals surface area contributed by atoms with Crippen LogP contribution in [0.3, 0.4) is 0 Å². The number of carbonyl (C=O) groups is 1. The quantitative estimate of drug-likeness (QED) is 0.777. The molecule has 94 valence electrons. The molecule has 0 fully saturated rings. The Morgan fingerprint density at radius 2 is 2.29 bits per heavy atom. The smallest absolute Gasteiger partial charge is 0.234 e. The van der Waals surface area contributed by atoms with Gasteiger partial charge in [0.1, 0.15) is 0 Å². The first kappa shape index (κ1) is 13.6. The van der Waals surface area contributed by atoms with Crippen molar-refractivity contribution < 1.29 is 4.79 Å². The van der Waals surface area contributed by atoms with Gasteiger partial charge >= 0.3 is 0 Å². The maximum absolute atomic E-state index is 11.6. The average Bonchev–Trinajstić information content (AvgIpc) is 2.35. The third-order valence-corrected chi connectivity index (χ3v) is 2.50. The Morgan fingerprint density at radius 3 is 2.94 bits per heavy atom. The van der Waals surface area contributed by atoms with Crippen molar-refractivity contribution in [2.75, 3.05) is 20.1 Å². The first-order valence-electron chi connectivity index (χ1n) is 6.07. The minimum atomic E-state index is 0.0502. The molecule has 0 saturated heterocycles. The maximum Gasteiger partial charge on any atom is 0.234 e. The molecule has 17 heavy (non-hydrogen) atoms. The van der Waals surface area contributed by atoms with Gasteiger partial charge in [0.15, 0.2) is 0 Å². The van der Waals surface area contributed by atoms with Crippen molar-refractivity contribution in [3.8, 4) is 0 Å².